The molecule has 0 aliphatic carbocycles. The van der Waals surface area contributed by atoms with Gasteiger partial charge in [-0.3, -0.25) is 9.69 Å². The molecule has 1 fully saturated rings. The zero-order valence-corrected chi connectivity index (χ0v) is 27.2. The average Bonchev–Trinajstić information content (AvgIpc) is 2.92. The molecule has 0 aromatic rings. The molecule has 0 bridgehead atoms. The number of hydrogen-bond donors (Lipinski definition) is 0. The smallest absolute Gasteiger partial charge is 0.218 e. The van der Waals surface area contributed by atoms with E-state index in [1.54, 1.807) is 0 Å². The summed E-state index contributed by atoms with van der Waals surface area (Å²) in [5.74, 6) is 2.32. The zero-order chi connectivity index (χ0) is 29.2. The van der Waals surface area contributed by atoms with E-state index >= 15 is 0 Å². The molecular weight excluding hydrogens is 490 g/mol. The fraction of sp³-hybridized carbons (Fsp3) is 0.970. The first-order valence-corrected chi connectivity index (χ1v) is 16.4. The third-order valence-electron chi connectivity index (χ3n) is 8.95. The van der Waals surface area contributed by atoms with Crippen molar-refractivity contribution in [2.24, 2.45) is 23.7 Å². The standard InChI is InChI=1S/C33H65NO5/c1-10-21-37-33(34(9)25(4)5)38-24-29(11-2)23-30(35)20-18-16-14-13-15-17-19-22-36-32-28(8)26(6)27(7)31(12-3)39-32/h25-29,31-33H,10-24H2,1-9H3. The molecular formula is C33H65NO5. The first kappa shape index (κ1) is 36.5. The summed E-state index contributed by atoms with van der Waals surface area (Å²) in [7, 11) is 2.03. The van der Waals surface area contributed by atoms with Gasteiger partial charge in [0, 0.05) is 31.4 Å². The Balaban J connectivity index is 2.12. The molecule has 7 atom stereocenters. The van der Waals surface area contributed by atoms with Crippen LogP contribution in [0.25, 0.3) is 0 Å². The van der Waals surface area contributed by atoms with E-state index in [2.05, 4.69) is 60.3 Å². The number of carbonyl (C=O) groups is 1. The maximum atomic E-state index is 12.6. The highest BCUT2D eigenvalue weighted by Gasteiger charge is 2.38. The molecule has 6 nitrogen and oxygen atoms in total. The number of ketones is 1. The Morgan fingerprint density at radius 2 is 1.49 bits per heavy atom. The van der Waals surface area contributed by atoms with E-state index in [0.717, 1.165) is 45.1 Å². The predicted octanol–water partition coefficient (Wildman–Crippen LogP) is 8.22. The quantitative estimate of drug-likeness (QED) is 0.0935. The Hall–Kier alpha value is -0.530. The molecule has 0 aromatic carbocycles. The van der Waals surface area contributed by atoms with Crippen LogP contribution in [0.5, 0.6) is 0 Å². The molecule has 1 rings (SSSR count). The molecule has 0 radical (unpaired) electrons. The Morgan fingerprint density at radius 3 is 2.08 bits per heavy atom. The Labute approximate surface area is 242 Å². The molecule has 0 spiro atoms. The van der Waals surface area contributed by atoms with Crippen LogP contribution in [-0.2, 0) is 23.7 Å². The van der Waals surface area contributed by atoms with E-state index in [9.17, 15) is 4.79 Å². The van der Waals surface area contributed by atoms with E-state index < -0.39 is 0 Å². The van der Waals surface area contributed by atoms with Crippen LogP contribution in [0.4, 0.5) is 0 Å². The summed E-state index contributed by atoms with van der Waals surface area (Å²) in [6, 6.07) is 0.337. The van der Waals surface area contributed by atoms with Crippen molar-refractivity contribution >= 4 is 5.78 Å². The Morgan fingerprint density at radius 1 is 0.846 bits per heavy atom. The van der Waals surface area contributed by atoms with Gasteiger partial charge in [-0.25, -0.2) is 0 Å². The first-order chi connectivity index (χ1) is 18.7. The lowest BCUT2D eigenvalue weighted by molar-refractivity contribution is -0.248. The molecule has 7 unspecified atom stereocenters. The molecule has 1 saturated heterocycles. The highest BCUT2D eigenvalue weighted by Crippen LogP contribution is 2.36. The lowest BCUT2D eigenvalue weighted by Gasteiger charge is -2.43. The van der Waals surface area contributed by atoms with Crippen molar-refractivity contribution in [1.82, 2.24) is 4.90 Å². The van der Waals surface area contributed by atoms with Crippen molar-refractivity contribution in [3.05, 3.63) is 0 Å². The third-order valence-corrected chi connectivity index (χ3v) is 8.95. The van der Waals surface area contributed by atoms with Crippen LogP contribution in [0.15, 0.2) is 0 Å². The van der Waals surface area contributed by atoms with E-state index in [0.29, 0.717) is 61.7 Å². The maximum Gasteiger partial charge on any atom is 0.218 e. The number of Topliss-reactive ketones (excluding diaryl/α,β-unsaturated/α-hetero) is 1. The number of ether oxygens (including phenoxy) is 4. The fourth-order valence-electron chi connectivity index (χ4n) is 5.36. The van der Waals surface area contributed by atoms with Gasteiger partial charge < -0.3 is 18.9 Å². The van der Waals surface area contributed by atoms with Crippen molar-refractivity contribution in [2.45, 2.75) is 157 Å². The van der Waals surface area contributed by atoms with Gasteiger partial charge in [0.2, 0.25) is 6.41 Å². The van der Waals surface area contributed by atoms with Gasteiger partial charge >= 0.3 is 0 Å². The van der Waals surface area contributed by atoms with Gasteiger partial charge in [0.05, 0.1) is 19.3 Å². The lowest BCUT2D eigenvalue weighted by Crippen LogP contribution is -2.45. The van der Waals surface area contributed by atoms with Crippen LogP contribution in [0.2, 0.25) is 0 Å². The van der Waals surface area contributed by atoms with Crippen LogP contribution >= 0.6 is 0 Å². The number of nitrogens with zero attached hydrogens (tertiary/aromatic N) is 1. The zero-order valence-electron chi connectivity index (χ0n) is 27.2. The molecule has 232 valence electrons. The second-order valence-electron chi connectivity index (χ2n) is 12.4. The minimum Gasteiger partial charge on any atom is -0.352 e. The normalized spacial score (nSPS) is 25.4. The average molecular weight is 556 g/mol. The van der Waals surface area contributed by atoms with E-state index in [1.165, 1.54) is 25.7 Å². The number of unbranched alkanes of at least 4 members (excludes halogenated alkanes) is 6. The van der Waals surface area contributed by atoms with Gasteiger partial charge in [-0.2, -0.15) is 0 Å². The molecule has 6 heteroatoms. The van der Waals surface area contributed by atoms with Crippen LogP contribution in [0.3, 0.4) is 0 Å². The monoisotopic (exact) mass is 555 g/mol. The number of carbonyl (C=O) groups excluding carboxylic acids is 1. The largest absolute Gasteiger partial charge is 0.352 e. The van der Waals surface area contributed by atoms with Gasteiger partial charge in [0.25, 0.3) is 0 Å². The van der Waals surface area contributed by atoms with Crippen molar-refractivity contribution in [3.63, 3.8) is 0 Å². The molecule has 1 aliphatic heterocycles. The molecule has 0 amide bonds. The highest BCUT2D eigenvalue weighted by atomic mass is 16.7. The van der Waals surface area contributed by atoms with Gasteiger partial charge in [0.15, 0.2) is 6.29 Å². The van der Waals surface area contributed by atoms with Crippen molar-refractivity contribution in [3.8, 4) is 0 Å². The highest BCUT2D eigenvalue weighted by molar-refractivity contribution is 5.78. The summed E-state index contributed by atoms with van der Waals surface area (Å²) in [6.07, 6.45) is 12.4. The van der Waals surface area contributed by atoms with Crippen LogP contribution < -0.4 is 0 Å². The van der Waals surface area contributed by atoms with Gasteiger partial charge in [-0.15, -0.1) is 0 Å². The van der Waals surface area contributed by atoms with Gasteiger partial charge in [-0.05, 0) is 64.3 Å². The fourth-order valence-corrected chi connectivity index (χ4v) is 5.36. The van der Waals surface area contributed by atoms with Gasteiger partial charge in [-0.1, -0.05) is 80.1 Å². The van der Waals surface area contributed by atoms with Gasteiger partial charge in [0.1, 0.15) is 5.78 Å². The summed E-state index contributed by atoms with van der Waals surface area (Å²) in [5.41, 5.74) is 0. The molecule has 39 heavy (non-hydrogen) atoms. The van der Waals surface area contributed by atoms with Crippen molar-refractivity contribution in [2.75, 3.05) is 26.9 Å². The van der Waals surface area contributed by atoms with Crippen LogP contribution in [-0.4, -0.2) is 62.4 Å². The third kappa shape index (κ3) is 14.3. The summed E-state index contributed by atoms with van der Waals surface area (Å²) in [4.78, 5) is 14.7. The lowest BCUT2D eigenvalue weighted by atomic mass is 9.78. The number of hydrogen-bond acceptors (Lipinski definition) is 6. The summed E-state index contributed by atoms with van der Waals surface area (Å²) >= 11 is 0. The molecule has 0 saturated carbocycles. The predicted molar refractivity (Wildman–Crippen MR) is 162 cm³/mol. The first-order valence-electron chi connectivity index (χ1n) is 16.4. The minimum absolute atomic E-state index is 0.0465. The summed E-state index contributed by atoms with van der Waals surface area (Å²) < 4.78 is 24.4. The Bertz CT molecular complexity index is 613. The second kappa shape index (κ2) is 21.2. The summed E-state index contributed by atoms with van der Waals surface area (Å²) in [6.45, 7) is 19.7. The molecule has 0 aromatic heterocycles. The topological polar surface area (TPSA) is 57.2 Å². The maximum absolute atomic E-state index is 12.6. The minimum atomic E-state index is -0.342. The van der Waals surface area contributed by atoms with E-state index in [-0.39, 0.29) is 18.6 Å². The SMILES string of the molecule is CCCOC(OCC(CC)CC(=O)CCCCCCCCCOC1OC(CC)C(C)C(C)C1C)N(C)C(C)C. The van der Waals surface area contributed by atoms with Crippen molar-refractivity contribution in [1.29, 1.82) is 0 Å². The van der Waals surface area contributed by atoms with Crippen molar-refractivity contribution < 1.29 is 23.7 Å². The van der Waals surface area contributed by atoms with Crippen LogP contribution in [0.1, 0.15) is 132 Å². The molecule has 0 N–H and O–H groups in total. The van der Waals surface area contributed by atoms with E-state index in [4.69, 9.17) is 18.9 Å². The number of rotatable bonds is 23. The molecule has 1 heterocycles. The molecule has 1 aliphatic rings. The Kier molecular flexibility index (Phi) is 19.9. The van der Waals surface area contributed by atoms with Crippen LogP contribution in [0, 0.1) is 23.7 Å². The summed E-state index contributed by atoms with van der Waals surface area (Å²) in [5, 5.41) is 0. The van der Waals surface area contributed by atoms with E-state index in [1.807, 2.05) is 7.05 Å². The second-order valence-corrected chi connectivity index (χ2v) is 12.4.